The zero-order valence-electron chi connectivity index (χ0n) is 8.45. The van der Waals surface area contributed by atoms with Crippen molar-refractivity contribution in [2.75, 3.05) is 12.3 Å². The van der Waals surface area contributed by atoms with Gasteiger partial charge in [-0.15, -0.1) is 0 Å². The summed E-state index contributed by atoms with van der Waals surface area (Å²) in [5, 5.41) is 9.41. The first kappa shape index (κ1) is 9.49. The highest BCUT2D eigenvalue weighted by molar-refractivity contribution is 5.81. The molecule has 7 heteroatoms. The van der Waals surface area contributed by atoms with Gasteiger partial charge < -0.3 is 15.6 Å². The number of fused-ring (bicyclic) bond motifs is 1. The van der Waals surface area contributed by atoms with Crippen LogP contribution < -0.4 is 5.73 Å². The van der Waals surface area contributed by atoms with Gasteiger partial charge in [-0.1, -0.05) is 0 Å². The fourth-order valence-corrected chi connectivity index (χ4v) is 1.87. The lowest BCUT2D eigenvalue weighted by Gasteiger charge is -2.10. The molecule has 0 bridgehead atoms. The third kappa shape index (κ3) is 1.33. The highest BCUT2D eigenvalue weighted by Crippen LogP contribution is 2.27. The van der Waals surface area contributed by atoms with Gasteiger partial charge in [0.15, 0.2) is 11.5 Å². The van der Waals surface area contributed by atoms with Crippen molar-refractivity contribution < 1.29 is 9.84 Å². The van der Waals surface area contributed by atoms with E-state index in [1.54, 1.807) is 10.9 Å². The van der Waals surface area contributed by atoms with Crippen LogP contribution >= 0.6 is 0 Å². The van der Waals surface area contributed by atoms with Crippen LogP contribution in [-0.4, -0.2) is 37.3 Å². The van der Waals surface area contributed by atoms with Crippen molar-refractivity contribution in [1.82, 2.24) is 19.5 Å². The smallest absolute Gasteiger partial charge is 0.167 e. The molecule has 16 heavy (non-hydrogen) atoms. The SMILES string of the molecule is Nc1ncnc2c1ncn2[C@H]1CC(O)CO1. The van der Waals surface area contributed by atoms with Gasteiger partial charge >= 0.3 is 0 Å². The molecule has 1 saturated heterocycles. The summed E-state index contributed by atoms with van der Waals surface area (Å²) < 4.78 is 7.20. The average Bonchev–Trinajstić information content (AvgIpc) is 2.84. The van der Waals surface area contributed by atoms with Gasteiger partial charge in [-0.05, 0) is 0 Å². The first-order valence-corrected chi connectivity index (χ1v) is 4.98. The van der Waals surface area contributed by atoms with Crippen molar-refractivity contribution >= 4 is 17.0 Å². The number of nitrogen functional groups attached to an aromatic ring is 1. The number of hydrogen-bond donors (Lipinski definition) is 2. The maximum atomic E-state index is 9.41. The van der Waals surface area contributed by atoms with Gasteiger partial charge in [-0.3, -0.25) is 4.57 Å². The van der Waals surface area contributed by atoms with Crippen LogP contribution in [0.2, 0.25) is 0 Å². The molecule has 0 amide bonds. The van der Waals surface area contributed by atoms with Crippen LogP contribution in [0.15, 0.2) is 12.7 Å². The molecule has 3 N–H and O–H groups in total. The normalized spacial score (nSPS) is 25.3. The minimum atomic E-state index is -0.429. The molecule has 0 aromatic carbocycles. The second-order valence-electron chi connectivity index (χ2n) is 3.76. The molecular formula is C9H11N5O2. The van der Waals surface area contributed by atoms with E-state index in [9.17, 15) is 5.11 Å². The molecule has 0 radical (unpaired) electrons. The molecular weight excluding hydrogens is 210 g/mol. The number of ether oxygens (including phenoxy) is 1. The molecule has 7 nitrogen and oxygen atoms in total. The fraction of sp³-hybridized carbons (Fsp3) is 0.444. The molecule has 2 atom stereocenters. The number of nitrogens with two attached hydrogens (primary N) is 1. The summed E-state index contributed by atoms with van der Waals surface area (Å²) in [6.07, 6.45) is 2.88. The minimum Gasteiger partial charge on any atom is -0.391 e. The van der Waals surface area contributed by atoms with Gasteiger partial charge in [0, 0.05) is 6.42 Å². The third-order valence-electron chi connectivity index (χ3n) is 2.65. The second kappa shape index (κ2) is 3.39. The number of aromatic nitrogens is 4. The Balaban J connectivity index is 2.08. The van der Waals surface area contributed by atoms with E-state index in [-0.39, 0.29) is 6.23 Å². The number of aliphatic hydroxyl groups is 1. The largest absolute Gasteiger partial charge is 0.391 e. The van der Waals surface area contributed by atoms with Gasteiger partial charge in [0.2, 0.25) is 0 Å². The molecule has 2 aromatic rings. The maximum absolute atomic E-state index is 9.41. The summed E-state index contributed by atoms with van der Waals surface area (Å²) in [5.41, 5.74) is 6.87. The molecule has 0 aliphatic carbocycles. The van der Waals surface area contributed by atoms with Crippen molar-refractivity contribution in [3.8, 4) is 0 Å². The molecule has 0 spiro atoms. The molecule has 1 aliphatic heterocycles. The van der Waals surface area contributed by atoms with Crippen molar-refractivity contribution in [3.63, 3.8) is 0 Å². The highest BCUT2D eigenvalue weighted by atomic mass is 16.5. The quantitative estimate of drug-likeness (QED) is 0.685. The number of imidazole rings is 1. The average molecular weight is 221 g/mol. The first-order chi connectivity index (χ1) is 7.75. The minimum absolute atomic E-state index is 0.228. The van der Waals surface area contributed by atoms with Crippen molar-refractivity contribution in [2.45, 2.75) is 18.8 Å². The van der Waals surface area contributed by atoms with Crippen LogP contribution in [0, 0.1) is 0 Å². The Morgan fingerprint density at radius 1 is 1.44 bits per heavy atom. The molecule has 3 rings (SSSR count). The van der Waals surface area contributed by atoms with E-state index in [1.165, 1.54) is 6.33 Å². The molecule has 1 aliphatic rings. The monoisotopic (exact) mass is 221 g/mol. The number of anilines is 1. The summed E-state index contributed by atoms with van der Waals surface area (Å²) >= 11 is 0. The van der Waals surface area contributed by atoms with Crippen molar-refractivity contribution in [3.05, 3.63) is 12.7 Å². The van der Waals surface area contributed by atoms with Crippen LogP contribution in [0.3, 0.4) is 0 Å². The molecule has 1 fully saturated rings. The van der Waals surface area contributed by atoms with E-state index < -0.39 is 6.10 Å². The van der Waals surface area contributed by atoms with E-state index in [2.05, 4.69) is 15.0 Å². The van der Waals surface area contributed by atoms with Gasteiger partial charge in [0.25, 0.3) is 0 Å². The maximum Gasteiger partial charge on any atom is 0.167 e. The zero-order chi connectivity index (χ0) is 11.1. The third-order valence-corrected chi connectivity index (χ3v) is 2.65. The van der Waals surface area contributed by atoms with Gasteiger partial charge in [0.05, 0.1) is 19.0 Å². The number of hydrogen-bond acceptors (Lipinski definition) is 6. The van der Waals surface area contributed by atoms with Crippen LogP contribution in [0.25, 0.3) is 11.2 Å². The molecule has 1 unspecified atom stereocenters. The van der Waals surface area contributed by atoms with Crippen LogP contribution in [0.1, 0.15) is 12.6 Å². The van der Waals surface area contributed by atoms with Crippen LogP contribution in [0.5, 0.6) is 0 Å². The van der Waals surface area contributed by atoms with E-state index in [4.69, 9.17) is 10.5 Å². The predicted octanol–water partition coefficient (Wildman–Crippen LogP) is -0.312. The lowest BCUT2D eigenvalue weighted by molar-refractivity contribution is 0.0502. The Kier molecular flexibility index (Phi) is 2.01. The topological polar surface area (TPSA) is 99.1 Å². The Bertz CT molecular complexity index is 526. The summed E-state index contributed by atoms with van der Waals surface area (Å²) in [6, 6.07) is 0. The molecule has 84 valence electrons. The molecule has 3 heterocycles. The van der Waals surface area contributed by atoms with E-state index >= 15 is 0 Å². The predicted molar refractivity (Wildman–Crippen MR) is 55.3 cm³/mol. The molecule has 0 saturated carbocycles. The van der Waals surface area contributed by atoms with Gasteiger partial charge in [0.1, 0.15) is 18.1 Å². The van der Waals surface area contributed by atoms with Crippen molar-refractivity contribution in [2.24, 2.45) is 0 Å². The molecule has 2 aromatic heterocycles. The highest BCUT2D eigenvalue weighted by Gasteiger charge is 2.26. The van der Waals surface area contributed by atoms with E-state index in [0.717, 1.165) is 0 Å². The van der Waals surface area contributed by atoms with Crippen LogP contribution in [0.4, 0.5) is 5.82 Å². The van der Waals surface area contributed by atoms with Gasteiger partial charge in [-0.2, -0.15) is 0 Å². The number of nitrogens with zero attached hydrogens (tertiary/aromatic N) is 4. The Labute approximate surface area is 90.9 Å². The lowest BCUT2D eigenvalue weighted by atomic mass is 10.3. The Morgan fingerprint density at radius 3 is 3.06 bits per heavy atom. The van der Waals surface area contributed by atoms with E-state index in [1.807, 2.05) is 0 Å². The van der Waals surface area contributed by atoms with E-state index in [0.29, 0.717) is 30.0 Å². The van der Waals surface area contributed by atoms with Crippen LogP contribution in [-0.2, 0) is 4.74 Å². The zero-order valence-corrected chi connectivity index (χ0v) is 8.45. The second-order valence-corrected chi connectivity index (χ2v) is 3.76. The number of aliphatic hydroxyl groups excluding tert-OH is 1. The summed E-state index contributed by atoms with van der Waals surface area (Å²) in [6.45, 7) is 0.338. The Morgan fingerprint density at radius 2 is 2.31 bits per heavy atom. The Hall–Kier alpha value is -1.73. The fourth-order valence-electron chi connectivity index (χ4n) is 1.87. The number of rotatable bonds is 1. The standard InChI is InChI=1S/C9H11N5O2/c10-8-7-9(12-3-11-8)14(4-13-7)6-1-5(15)2-16-6/h3-6,15H,1-2H2,(H2,10,11,12)/t5?,6-/m1/s1. The lowest BCUT2D eigenvalue weighted by Crippen LogP contribution is -2.08. The summed E-state index contributed by atoms with van der Waals surface area (Å²) in [7, 11) is 0. The van der Waals surface area contributed by atoms with Gasteiger partial charge in [-0.25, -0.2) is 15.0 Å². The van der Waals surface area contributed by atoms with Crippen molar-refractivity contribution in [1.29, 1.82) is 0 Å². The first-order valence-electron chi connectivity index (χ1n) is 4.98. The summed E-state index contributed by atoms with van der Waals surface area (Å²) in [4.78, 5) is 12.1. The summed E-state index contributed by atoms with van der Waals surface area (Å²) in [5.74, 6) is 0.349.